The number of nitrogens with zero attached hydrogens (tertiary/aromatic N) is 1. The van der Waals surface area contributed by atoms with Gasteiger partial charge in [0.1, 0.15) is 5.76 Å². The molecule has 0 spiro atoms. The standard InChI is InChI=1S/C14H24N2O2/c1-11(2)15-7-3-6-14-16-9-13(18-14)12-5-4-8-17-10-12/h9,11-12,15H,3-8,10H2,1-2H3. The summed E-state index contributed by atoms with van der Waals surface area (Å²) >= 11 is 0. The number of rotatable bonds is 6. The number of aryl methyl sites for hydroxylation is 1. The SMILES string of the molecule is CC(C)NCCCc1ncc(C2CCCOC2)o1. The first-order valence-electron chi connectivity index (χ1n) is 7.01. The van der Waals surface area contributed by atoms with Crippen LogP contribution < -0.4 is 5.32 Å². The minimum atomic E-state index is 0.411. The van der Waals surface area contributed by atoms with E-state index in [1.54, 1.807) is 0 Å². The Balaban J connectivity index is 1.75. The average molecular weight is 252 g/mol. The first-order chi connectivity index (χ1) is 8.75. The predicted molar refractivity (Wildman–Crippen MR) is 70.8 cm³/mol. The zero-order valence-corrected chi connectivity index (χ0v) is 11.4. The summed E-state index contributed by atoms with van der Waals surface area (Å²) in [7, 11) is 0. The lowest BCUT2D eigenvalue weighted by Crippen LogP contribution is -2.23. The van der Waals surface area contributed by atoms with Gasteiger partial charge >= 0.3 is 0 Å². The monoisotopic (exact) mass is 252 g/mol. The Morgan fingerprint density at radius 1 is 1.50 bits per heavy atom. The highest BCUT2D eigenvalue weighted by Crippen LogP contribution is 2.25. The van der Waals surface area contributed by atoms with E-state index in [1.165, 1.54) is 0 Å². The number of hydrogen-bond acceptors (Lipinski definition) is 4. The van der Waals surface area contributed by atoms with Crippen molar-refractivity contribution < 1.29 is 9.15 Å². The van der Waals surface area contributed by atoms with E-state index in [0.29, 0.717) is 12.0 Å². The van der Waals surface area contributed by atoms with Gasteiger partial charge in [0.05, 0.1) is 12.8 Å². The van der Waals surface area contributed by atoms with Crippen molar-refractivity contribution in [2.45, 2.75) is 51.5 Å². The average Bonchev–Trinajstić information content (AvgIpc) is 2.84. The van der Waals surface area contributed by atoms with Crippen LogP contribution in [-0.2, 0) is 11.2 Å². The van der Waals surface area contributed by atoms with E-state index in [0.717, 1.165) is 57.1 Å². The van der Waals surface area contributed by atoms with Gasteiger partial charge in [-0.25, -0.2) is 4.98 Å². The Bertz CT molecular complexity index is 343. The van der Waals surface area contributed by atoms with Gasteiger partial charge in [0, 0.05) is 25.0 Å². The molecular formula is C14H24N2O2. The lowest BCUT2D eigenvalue weighted by atomic mass is 10.0. The Kier molecular flexibility index (Phi) is 5.20. The summed E-state index contributed by atoms with van der Waals surface area (Å²) < 4.78 is 11.3. The van der Waals surface area contributed by atoms with Gasteiger partial charge in [-0.2, -0.15) is 0 Å². The van der Waals surface area contributed by atoms with Gasteiger partial charge in [-0.1, -0.05) is 13.8 Å². The maximum atomic E-state index is 5.81. The predicted octanol–water partition coefficient (Wildman–Crippen LogP) is 2.50. The second kappa shape index (κ2) is 6.90. The summed E-state index contributed by atoms with van der Waals surface area (Å²) in [6.07, 6.45) is 6.14. The largest absolute Gasteiger partial charge is 0.445 e. The third-order valence-corrected chi connectivity index (χ3v) is 3.25. The van der Waals surface area contributed by atoms with Crippen LogP contribution in [0.25, 0.3) is 0 Å². The molecule has 1 aromatic rings. The molecule has 1 unspecified atom stereocenters. The van der Waals surface area contributed by atoms with Crippen LogP contribution in [0.5, 0.6) is 0 Å². The quantitative estimate of drug-likeness (QED) is 0.790. The van der Waals surface area contributed by atoms with Crippen molar-refractivity contribution in [2.75, 3.05) is 19.8 Å². The number of ether oxygens (including phenoxy) is 1. The van der Waals surface area contributed by atoms with E-state index >= 15 is 0 Å². The second-order valence-electron chi connectivity index (χ2n) is 5.28. The third-order valence-electron chi connectivity index (χ3n) is 3.25. The molecule has 1 aromatic heterocycles. The van der Waals surface area contributed by atoms with Crippen LogP contribution in [0.4, 0.5) is 0 Å². The summed E-state index contributed by atoms with van der Waals surface area (Å²) in [6, 6.07) is 0.546. The summed E-state index contributed by atoms with van der Waals surface area (Å²) in [4.78, 5) is 4.36. The molecule has 0 saturated carbocycles. The van der Waals surface area contributed by atoms with Crippen molar-refractivity contribution in [1.29, 1.82) is 0 Å². The van der Waals surface area contributed by atoms with Crippen LogP contribution in [0.2, 0.25) is 0 Å². The molecule has 102 valence electrons. The number of oxazole rings is 1. The van der Waals surface area contributed by atoms with Crippen LogP contribution in [0, 0.1) is 0 Å². The first kappa shape index (κ1) is 13.6. The van der Waals surface area contributed by atoms with Crippen LogP contribution in [-0.4, -0.2) is 30.8 Å². The molecule has 1 atom stereocenters. The highest BCUT2D eigenvalue weighted by molar-refractivity contribution is 5.03. The Labute approximate surface area is 109 Å². The fourth-order valence-electron chi connectivity index (χ4n) is 2.22. The van der Waals surface area contributed by atoms with Gasteiger partial charge in [0.15, 0.2) is 5.89 Å². The lowest BCUT2D eigenvalue weighted by molar-refractivity contribution is 0.0738. The van der Waals surface area contributed by atoms with Crippen molar-refractivity contribution in [1.82, 2.24) is 10.3 Å². The molecule has 1 N–H and O–H groups in total. The van der Waals surface area contributed by atoms with Crippen LogP contribution in [0.15, 0.2) is 10.6 Å². The minimum absolute atomic E-state index is 0.411. The van der Waals surface area contributed by atoms with Crippen molar-refractivity contribution >= 4 is 0 Å². The number of hydrogen-bond donors (Lipinski definition) is 1. The van der Waals surface area contributed by atoms with Gasteiger partial charge in [-0.15, -0.1) is 0 Å². The van der Waals surface area contributed by atoms with Gasteiger partial charge in [-0.05, 0) is 25.8 Å². The highest BCUT2D eigenvalue weighted by Gasteiger charge is 2.19. The Morgan fingerprint density at radius 2 is 2.39 bits per heavy atom. The zero-order valence-electron chi connectivity index (χ0n) is 11.4. The van der Waals surface area contributed by atoms with Crippen LogP contribution >= 0.6 is 0 Å². The molecule has 0 radical (unpaired) electrons. The molecule has 0 amide bonds. The summed E-state index contributed by atoms with van der Waals surface area (Å²) in [5.74, 6) is 2.27. The maximum Gasteiger partial charge on any atom is 0.194 e. The highest BCUT2D eigenvalue weighted by atomic mass is 16.5. The fourth-order valence-corrected chi connectivity index (χ4v) is 2.22. The minimum Gasteiger partial charge on any atom is -0.445 e. The number of aromatic nitrogens is 1. The third kappa shape index (κ3) is 4.10. The van der Waals surface area contributed by atoms with Crippen molar-refractivity contribution in [3.05, 3.63) is 17.8 Å². The molecule has 0 aliphatic carbocycles. The van der Waals surface area contributed by atoms with Gasteiger partial charge in [0.25, 0.3) is 0 Å². The van der Waals surface area contributed by atoms with Crippen LogP contribution in [0.3, 0.4) is 0 Å². The second-order valence-corrected chi connectivity index (χ2v) is 5.28. The summed E-state index contributed by atoms with van der Waals surface area (Å²) in [6.45, 7) is 7.00. The Morgan fingerprint density at radius 3 is 3.11 bits per heavy atom. The van der Waals surface area contributed by atoms with E-state index in [1.807, 2.05) is 6.20 Å². The zero-order chi connectivity index (χ0) is 12.8. The molecule has 4 heteroatoms. The molecule has 1 aliphatic heterocycles. The van der Waals surface area contributed by atoms with Crippen molar-refractivity contribution in [3.63, 3.8) is 0 Å². The molecule has 0 bridgehead atoms. The Hall–Kier alpha value is -0.870. The smallest absolute Gasteiger partial charge is 0.194 e. The molecule has 2 rings (SSSR count). The molecule has 2 heterocycles. The van der Waals surface area contributed by atoms with Crippen LogP contribution in [0.1, 0.15) is 50.7 Å². The van der Waals surface area contributed by atoms with E-state index < -0.39 is 0 Å². The molecule has 4 nitrogen and oxygen atoms in total. The molecule has 0 aromatic carbocycles. The van der Waals surface area contributed by atoms with Crippen molar-refractivity contribution in [2.24, 2.45) is 0 Å². The first-order valence-corrected chi connectivity index (χ1v) is 7.01. The molecule has 1 fully saturated rings. The molecule has 18 heavy (non-hydrogen) atoms. The number of nitrogens with one attached hydrogen (secondary N) is 1. The van der Waals surface area contributed by atoms with Gasteiger partial charge in [0.2, 0.25) is 0 Å². The fraction of sp³-hybridized carbons (Fsp3) is 0.786. The molecular weight excluding hydrogens is 228 g/mol. The van der Waals surface area contributed by atoms with Gasteiger partial charge in [-0.3, -0.25) is 0 Å². The van der Waals surface area contributed by atoms with E-state index in [-0.39, 0.29) is 0 Å². The van der Waals surface area contributed by atoms with Crippen molar-refractivity contribution in [3.8, 4) is 0 Å². The summed E-state index contributed by atoms with van der Waals surface area (Å²) in [5, 5.41) is 3.40. The van der Waals surface area contributed by atoms with E-state index in [2.05, 4.69) is 24.1 Å². The topological polar surface area (TPSA) is 47.3 Å². The maximum absolute atomic E-state index is 5.81. The summed E-state index contributed by atoms with van der Waals surface area (Å²) in [5.41, 5.74) is 0. The molecule has 1 aliphatic rings. The molecule has 1 saturated heterocycles. The van der Waals surface area contributed by atoms with Gasteiger partial charge < -0.3 is 14.5 Å². The normalized spacial score (nSPS) is 20.5. The lowest BCUT2D eigenvalue weighted by Gasteiger charge is -2.19. The van der Waals surface area contributed by atoms with E-state index in [9.17, 15) is 0 Å². The van der Waals surface area contributed by atoms with E-state index in [4.69, 9.17) is 9.15 Å².